The number of Topliss-reactive ketones (excluding diaryl/α,β-unsaturated/α-hetero) is 1. The van der Waals surface area contributed by atoms with Crippen LogP contribution in [0.1, 0.15) is 65.7 Å². The van der Waals surface area contributed by atoms with Gasteiger partial charge in [0.2, 0.25) is 5.91 Å². The second-order valence-electron chi connectivity index (χ2n) is 5.55. The summed E-state index contributed by atoms with van der Waals surface area (Å²) in [6, 6.07) is 0. The van der Waals surface area contributed by atoms with Crippen LogP contribution in [-0.2, 0) is 14.3 Å². The van der Waals surface area contributed by atoms with Gasteiger partial charge in [-0.2, -0.15) is 0 Å². The van der Waals surface area contributed by atoms with E-state index < -0.39 is 0 Å². The number of carbonyl (C=O) groups is 2. The Labute approximate surface area is 123 Å². The highest BCUT2D eigenvalue weighted by Crippen LogP contribution is 2.02. The third-order valence-electron chi connectivity index (χ3n) is 3.32. The zero-order valence-electron chi connectivity index (χ0n) is 13.4. The monoisotopic (exact) mass is 285 g/mol. The first kappa shape index (κ1) is 19.1. The normalized spacial score (nSPS) is 12.2. The van der Waals surface area contributed by atoms with Gasteiger partial charge >= 0.3 is 0 Å². The molecule has 0 saturated heterocycles. The van der Waals surface area contributed by atoms with Crippen molar-refractivity contribution >= 4 is 11.7 Å². The molecule has 1 amide bonds. The van der Waals surface area contributed by atoms with E-state index in [-0.39, 0.29) is 11.7 Å². The lowest BCUT2D eigenvalue weighted by Crippen LogP contribution is -2.24. The standard InChI is InChI=1S/C16H31NO3/c1-4-14(2)13-20-12-8-10-16(19)17-11-7-5-6-9-15(3)18/h14H,4-13H2,1-3H3,(H,17,19). The Hall–Kier alpha value is -0.900. The summed E-state index contributed by atoms with van der Waals surface area (Å²) in [4.78, 5) is 22.3. The highest BCUT2D eigenvalue weighted by Gasteiger charge is 2.02. The molecule has 1 atom stereocenters. The van der Waals surface area contributed by atoms with E-state index >= 15 is 0 Å². The van der Waals surface area contributed by atoms with Crippen LogP contribution < -0.4 is 5.32 Å². The van der Waals surface area contributed by atoms with E-state index in [4.69, 9.17) is 4.74 Å². The minimum absolute atomic E-state index is 0.101. The minimum atomic E-state index is 0.101. The largest absolute Gasteiger partial charge is 0.381 e. The smallest absolute Gasteiger partial charge is 0.220 e. The molecule has 0 heterocycles. The zero-order valence-corrected chi connectivity index (χ0v) is 13.4. The molecule has 0 saturated carbocycles. The molecule has 118 valence electrons. The van der Waals surface area contributed by atoms with Crippen molar-refractivity contribution in [2.75, 3.05) is 19.8 Å². The summed E-state index contributed by atoms with van der Waals surface area (Å²) in [6.07, 6.45) is 5.97. The first-order valence-corrected chi connectivity index (χ1v) is 7.90. The van der Waals surface area contributed by atoms with Crippen LogP contribution in [0, 0.1) is 5.92 Å². The molecule has 0 aliphatic heterocycles. The van der Waals surface area contributed by atoms with Crippen molar-refractivity contribution in [2.24, 2.45) is 5.92 Å². The molecule has 4 heteroatoms. The molecule has 0 fully saturated rings. The van der Waals surface area contributed by atoms with Crippen LogP contribution in [0.15, 0.2) is 0 Å². The van der Waals surface area contributed by atoms with Crippen molar-refractivity contribution in [3.63, 3.8) is 0 Å². The van der Waals surface area contributed by atoms with Gasteiger partial charge in [-0.15, -0.1) is 0 Å². The Morgan fingerprint density at radius 2 is 1.85 bits per heavy atom. The summed E-state index contributed by atoms with van der Waals surface area (Å²) < 4.78 is 5.50. The van der Waals surface area contributed by atoms with Gasteiger partial charge in [-0.25, -0.2) is 0 Å². The fourth-order valence-electron chi connectivity index (χ4n) is 1.73. The number of rotatable bonds is 13. The highest BCUT2D eigenvalue weighted by atomic mass is 16.5. The predicted molar refractivity (Wildman–Crippen MR) is 81.7 cm³/mol. The number of carbonyl (C=O) groups excluding carboxylic acids is 2. The average molecular weight is 285 g/mol. The molecule has 0 aromatic rings. The number of hydrogen-bond acceptors (Lipinski definition) is 3. The summed E-state index contributed by atoms with van der Waals surface area (Å²) >= 11 is 0. The lowest BCUT2D eigenvalue weighted by Gasteiger charge is -2.09. The molecule has 0 aromatic heterocycles. The van der Waals surface area contributed by atoms with Gasteiger partial charge < -0.3 is 14.8 Å². The summed E-state index contributed by atoms with van der Waals surface area (Å²) in [5.41, 5.74) is 0. The summed E-state index contributed by atoms with van der Waals surface area (Å²) in [5, 5.41) is 2.90. The van der Waals surface area contributed by atoms with Gasteiger partial charge in [0.1, 0.15) is 5.78 Å². The molecule has 0 rings (SSSR count). The molecule has 4 nitrogen and oxygen atoms in total. The Bertz CT molecular complexity index is 266. The van der Waals surface area contributed by atoms with Crippen molar-refractivity contribution < 1.29 is 14.3 Å². The van der Waals surface area contributed by atoms with E-state index in [1.165, 1.54) is 0 Å². The third kappa shape index (κ3) is 13.5. The summed E-state index contributed by atoms with van der Waals surface area (Å²) in [6.45, 7) is 8.09. The quantitative estimate of drug-likeness (QED) is 0.529. The van der Waals surface area contributed by atoms with Crippen molar-refractivity contribution in [2.45, 2.75) is 65.7 Å². The molecule has 0 aliphatic rings. The maximum Gasteiger partial charge on any atom is 0.220 e. The molecule has 0 aliphatic carbocycles. The SMILES string of the molecule is CCC(C)COCCCC(=O)NCCCCCC(C)=O. The second-order valence-corrected chi connectivity index (χ2v) is 5.55. The summed E-state index contributed by atoms with van der Waals surface area (Å²) in [5.74, 6) is 0.939. The summed E-state index contributed by atoms with van der Waals surface area (Å²) in [7, 11) is 0. The maximum absolute atomic E-state index is 11.5. The van der Waals surface area contributed by atoms with E-state index in [0.717, 1.165) is 38.7 Å². The average Bonchev–Trinajstić information content (AvgIpc) is 2.41. The van der Waals surface area contributed by atoms with Crippen molar-refractivity contribution in [1.29, 1.82) is 0 Å². The number of amides is 1. The Balaban J connectivity index is 3.27. The molecule has 20 heavy (non-hydrogen) atoms. The highest BCUT2D eigenvalue weighted by molar-refractivity contribution is 5.76. The van der Waals surface area contributed by atoms with E-state index in [1.807, 2.05) is 0 Å². The molecule has 0 spiro atoms. The third-order valence-corrected chi connectivity index (χ3v) is 3.32. The van der Waals surface area contributed by atoms with Crippen LogP contribution in [0.25, 0.3) is 0 Å². The van der Waals surface area contributed by atoms with E-state index in [0.29, 0.717) is 31.9 Å². The van der Waals surface area contributed by atoms with Gasteiger partial charge in [-0.1, -0.05) is 26.7 Å². The predicted octanol–water partition coefficient (Wildman–Crippen LogP) is 3.09. The molecule has 1 N–H and O–H groups in total. The fourth-order valence-corrected chi connectivity index (χ4v) is 1.73. The van der Waals surface area contributed by atoms with E-state index in [2.05, 4.69) is 19.2 Å². The molecular weight excluding hydrogens is 254 g/mol. The van der Waals surface area contributed by atoms with Crippen LogP contribution in [0.4, 0.5) is 0 Å². The van der Waals surface area contributed by atoms with Gasteiger partial charge in [-0.3, -0.25) is 4.79 Å². The molecule has 0 radical (unpaired) electrons. The van der Waals surface area contributed by atoms with Gasteiger partial charge in [0, 0.05) is 32.6 Å². The number of hydrogen-bond donors (Lipinski definition) is 1. The van der Waals surface area contributed by atoms with Crippen LogP contribution in [0.5, 0.6) is 0 Å². The molecule has 0 bridgehead atoms. The van der Waals surface area contributed by atoms with Gasteiger partial charge in [-0.05, 0) is 32.1 Å². The van der Waals surface area contributed by atoms with Gasteiger partial charge in [0.15, 0.2) is 0 Å². The number of nitrogens with one attached hydrogen (secondary N) is 1. The lowest BCUT2D eigenvalue weighted by molar-refractivity contribution is -0.121. The molecule has 1 unspecified atom stereocenters. The first-order valence-electron chi connectivity index (χ1n) is 7.90. The molecular formula is C16H31NO3. The van der Waals surface area contributed by atoms with Gasteiger partial charge in [0.25, 0.3) is 0 Å². The first-order chi connectivity index (χ1) is 9.56. The van der Waals surface area contributed by atoms with Crippen molar-refractivity contribution in [1.82, 2.24) is 5.32 Å². The lowest BCUT2D eigenvalue weighted by atomic mass is 10.1. The Kier molecular flexibility index (Phi) is 12.5. The Morgan fingerprint density at radius 1 is 1.10 bits per heavy atom. The van der Waals surface area contributed by atoms with E-state index in [9.17, 15) is 9.59 Å². The Morgan fingerprint density at radius 3 is 2.50 bits per heavy atom. The number of ketones is 1. The number of ether oxygens (including phenoxy) is 1. The fraction of sp³-hybridized carbons (Fsp3) is 0.875. The van der Waals surface area contributed by atoms with Gasteiger partial charge in [0.05, 0.1) is 0 Å². The molecule has 0 aromatic carbocycles. The second kappa shape index (κ2) is 13.1. The van der Waals surface area contributed by atoms with Crippen LogP contribution >= 0.6 is 0 Å². The van der Waals surface area contributed by atoms with E-state index in [1.54, 1.807) is 6.92 Å². The number of unbranched alkanes of at least 4 members (excludes halogenated alkanes) is 2. The van der Waals surface area contributed by atoms with Crippen LogP contribution in [0.2, 0.25) is 0 Å². The topological polar surface area (TPSA) is 55.4 Å². The maximum atomic E-state index is 11.5. The van der Waals surface area contributed by atoms with Crippen molar-refractivity contribution in [3.05, 3.63) is 0 Å². The minimum Gasteiger partial charge on any atom is -0.381 e. The van der Waals surface area contributed by atoms with Crippen LogP contribution in [-0.4, -0.2) is 31.4 Å². The van der Waals surface area contributed by atoms with Crippen molar-refractivity contribution in [3.8, 4) is 0 Å². The zero-order chi connectivity index (χ0) is 15.2. The van der Waals surface area contributed by atoms with Crippen LogP contribution in [0.3, 0.4) is 0 Å².